The summed E-state index contributed by atoms with van der Waals surface area (Å²) in [5.74, 6) is -0.975. The molecule has 13 heteroatoms. The fraction of sp³-hybridized carbons (Fsp3) is 0.250. The number of carbonyl (C=O) groups excluding carboxylic acids is 2. The standard InChI is InChI=1S/C16H18N4O6S3/c1-10-7-14(28(17,23)24)27-15(10)16(22)19-11-3-2-4-12(8-11)29(25,26)20-6-5-18-13(21)9-20/h2-4,7-8H,5-6,9H2,1H3,(H,18,21)(H,19,22)(H2,17,23,24). The summed E-state index contributed by atoms with van der Waals surface area (Å²) in [7, 11) is -7.85. The molecule has 3 rings (SSSR count). The van der Waals surface area contributed by atoms with Gasteiger partial charge in [0.05, 0.1) is 16.3 Å². The van der Waals surface area contributed by atoms with E-state index in [0.717, 1.165) is 15.6 Å². The summed E-state index contributed by atoms with van der Waals surface area (Å²) in [5.41, 5.74) is 0.641. The monoisotopic (exact) mass is 458 g/mol. The van der Waals surface area contributed by atoms with Crippen molar-refractivity contribution in [1.82, 2.24) is 9.62 Å². The molecule has 1 aliphatic heterocycles. The summed E-state index contributed by atoms with van der Waals surface area (Å²) in [6.45, 7) is 1.67. The van der Waals surface area contributed by atoms with Gasteiger partial charge in [-0.1, -0.05) is 6.07 Å². The van der Waals surface area contributed by atoms with Gasteiger partial charge in [0.15, 0.2) is 0 Å². The van der Waals surface area contributed by atoms with Crippen molar-refractivity contribution in [2.75, 3.05) is 25.0 Å². The lowest BCUT2D eigenvalue weighted by Crippen LogP contribution is -2.49. The fourth-order valence-electron chi connectivity index (χ4n) is 2.71. The van der Waals surface area contributed by atoms with Crippen LogP contribution in [0.5, 0.6) is 0 Å². The highest BCUT2D eigenvalue weighted by Gasteiger charge is 2.29. The zero-order valence-electron chi connectivity index (χ0n) is 15.2. The number of thiophene rings is 1. The molecule has 4 N–H and O–H groups in total. The first-order valence-corrected chi connectivity index (χ1v) is 12.1. The third kappa shape index (κ3) is 4.64. The molecule has 156 valence electrons. The van der Waals surface area contributed by atoms with Crippen molar-refractivity contribution in [2.45, 2.75) is 16.0 Å². The predicted molar refractivity (Wildman–Crippen MR) is 107 cm³/mol. The van der Waals surface area contributed by atoms with Crippen molar-refractivity contribution in [3.63, 3.8) is 0 Å². The van der Waals surface area contributed by atoms with E-state index in [2.05, 4.69) is 10.6 Å². The maximum Gasteiger partial charge on any atom is 0.266 e. The number of nitrogens with zero attached hydrogens (tertiary/aromatic N) is 1. The lowest BCUT2D eigenvalue weighted by Gasteiger charge is -2.26. The van der Waals surface area contributed by atoms with E-state index >= 15 is 0 Å². The van der Waals surface area contributed by atoms with E-state index in [4.69, 9.17) is 5.14 Å². The van der Waals surface area contributed by atoms with Crippen LogP contribution in [0.3, 0.4) is 0 Å². The first kappa shape index (κ1) is 21.4. The average Bonchev–Trinajstić information content (AvgIpc) is 3.04. The molecule has 29 heavy (non-hydrogen) atoms. The largest absolute Gasteiger partial charge is 0.354 e. The molecule has 1 saturated heterocycles. The van der Waals surface area contributed by atoms with Gasteiger partial charge in [0.1, 0.15) is 4.21 Å². The Morgan fingerprint density at radius 3 is 2.59 bits per heavy atom. The Bertz CT molecular complexity index is 1190. The van der Waals surface area contributed by atoms with Crippen molar-refractivity contribution in [3.05, 3.63) is 40.8 Å². The fourth-order valence-corrected chi connectivity index (χ4v) is 6.01. The highest BCUT2D eigenvalue weighted by molar-refractivity contribution is 7.91. The molecule has 0 radical (unpaired) electrons. The molecule has 2 aromatic rings. The predicted octanol–water partition coefficient (Wildman–Crippen LogP) is 0.0767. The molecular formula is C16H18N4O6S3. The number of carbonyl (C=O) groups is 2. The molecule has 0 aliphatic carbocycles. The Kier molecular flexibility index (Phi) is 5.78. The van der Waals surface area contributed by atoms with Crippen LogP contribution in [-0.4, -0.2) is 52.6 Å². The normalized spacial score (nSPS) is 15.7. The molecule has 0 unspecified atom stereocenters. The van der Waals surface area contributed by atoms with Gasteiger partial charge in [-0.15, -0.1) is 11.3 Å². The van der Waals surface area contributed by atoms with Crippen LogP contribution in [0, 0.1) is 6.92 Å². The maximum absolute atomic E-state index is 12.8. The molecule has 10 nitrogen and oxygen atoms in total. The van der Waals surface area contributed by atoms with Crippen LogP contribution in [0.1, 0.15) is 15.2 Å². The van der Waals surface area contributed by atoms with E-state index in [1.807, 2.05) is 0 Å². The summed E-state index contributed by atoms with van der Waals surface area (Å²) >= 11 is 0.731. The number of hydrogen-bond acceptors (Lipinski definition) is 7. The van der Waals surface area contributed by atoms with E-state index in [0.29, 0.717) is 5.56 Å². The highest BCUT2D eigenvalue weighted by Crippen LogP contribution is 2.27. The second-order valence-electron chi connectivity index (χ2n) is 6.29. The molecule has 1 aromatic carbocycles. The van der Waals surface area contributed by atoms with Gasteiger partial charge in [0.2, 0.25) is 26.0 Å². The van der Waals surface area contributed by atoms with Crippen molar-refractivity contribution in [2.24, 2.45) is 5.14 Å². The SMILES string of the molecule is Cc1cc(S(N)(=O)=O)sc1C(=O)Nc1cccc(S(=O)(=O)N2CCNC(=O)C2)c1. The average molecular weight is 459 g/mol. The lowest BCUT2D eigenvalue weighted by atomic mass is 10.2. The second kappa shape index (κ2) is 7.84. The lowest BCUT2D eigenvalue weighted by molar-refractivity contribution is -0.122. The summed E-state index contributed by atoms with van der Waals surface area (Å²) in [6.07, 6.45) is 0. The van der Waals surface area contributed by atoms with E-state index in [9.17, 15) is 26.4 Å². The van der Waals surface area contributed by atoms with Gasteiger partial charge in [-0.25, -0.2) is 22.0 Å². The van der Waals surface area contributed by atoms with Crippen LogP contribution in [0.15, 0.2) is 39.4 Å². The maximum atomic E-state index is 12.8. The van der Waals surface area contributed by atoms with E-state index < -0.39 is 26.0 Å². The summed E-state index contributed by atoms with van der Waals surface area (Å²) in [4.78, 5) is 24.1. The Labute approximate surface area is 171 Å². The summed E-state index contributed by atoms with van der Waals surface area (Å²) in [6, 6.07) is 6.92. The molecule has 1 aromatic heterocycles. The minimum atomic E-state index is -3.93. The molecule has 0 bridgehead atoms. The Hall–Kier alpha value is -2.32. The number of nitrogens with two attached hydrogens (primary N) is 1. The van der Waals surface area contributed by atoms with Gasteiger partial charge in [-0.05, 0) is 36.8 Å². The number of hydrogen-bond donors (Lipinski definition) is 3. The van der Waals surface area contributed by atoms with E-state index in [1.54, 1.807) is 6.92 Å². The molecule has 0 saturated carbocycles. The number of amides is 2. The minimum absolute atomic E-state index is 0.0712. The number of piperazine rings is 1. The molecule has 0 atom stereocenters. The topological polar surface area (TPSA) is 156 Å². The molecule has 2 heterocycles. The molecule has 0 spiro atoms. The number of anilines is 1. The quantitative estimate of drug-likeness (QED) is 0.576. The van der Waals surface area contributed by atoms with E-state index in [1.165, 1.54) is 30.3 Å². The Morgan fingerprint density at radius 1 is 1.24 bits per heavy atom. The van der Waals surface area contributed by atoms with Crippen LogP contribution in [0.4, 0.5) is 5.69 Å². The van der Waals surface area contributed by atoms with Crippen molar-refractivity contribution >= 4 is 48.9 Å². The van der Waals surface area contributed by atoms with Crippen LogP contribution < -0.4 is 15.8 Å². The summed E-state index contributed by atoms with van der Waals surface area (Å²) < 4.78 is 49.4. The highest BCUT2D eigenvalue weighted by atomic mass is 32.2. The number of nitrogens with one attached hydrogen (secondary N) is 2. The Balaban J connectivity index is 1.84. The second-order valence-corrected chi connectivity index (χ2v) is 11.1. The zero-order chi connectivity index (χ0) is 21.4. The number of aryl methyl sites for hydroxylation is 1. The number of primary sulfonamides is 1. The minimum Gasteiger partial charge on any atom is -0.354 e. The number of rotatable bonds is 5. The van der Waals surface area contributed by atoms with E-state index in [-0.39, 0.29) is 45.2 Å². The van der Waals surface area contributed by atoms with Gasteiger partial charge < -0.3 is 10.6 Å². The van der Waals surface area contributed by atoms with Gasteiger partial charge >= 0.3 is 0 Å². The number of sulfonamides is 2. The molecule has 2 amide bonds. The van der Waals surface area contributed by atoms with Crippen molar-refractivity contribution < 1.29 is 26.4 Å². The third-order valence-corrected chi connectivity index (χ3v) is 8.61. The molecular weight excluding hydrogens is 440 g/mol. The smallest absolute Gasteiger partial charge is 0.266 e. The van der Waals surface area contributed by atoms with Gasteiger partial charge in [0, 0.05) is 18.8 Å². The van der Waals surface area contributed by atoms with Crippen LogP contribution in [0.2, 0.25) is 0 Å². The third-order valence-electron chi connectivity index (χ3n) is 4.11. The van der Waals surface area contributed by atoms with Gasteiger partial charge in [-0.3, -0.25) is 9.59 Å². The van der Waals surface area contributed by atoms with Crippen LogP contribution in [-0.2, 0) is 24.8 Å². The zero-order valence-corrected chi connectivity index (χ0v) is 17.7. The molecule has 1 aliphatic rings. The Morgan fingerprint density at radius 2 is 1.97 bits per heavy atom. The number of benzene rings is 1. The van der Waals surface area contributed by atoms with Crippen molar-refractivity contribution in [1.29, 1.82) is 0 Å². The summed E-state index contributed by atoms with van der Waals surface area (Å²) in [5, 5.41) is 10.2. The van der Waals surface area contributed by atoms with Gasteiger partial charge in [0.25, 0.3) is 5.91 Å². The first-order chi connectivity index (χ1) is 13.5. The van der Waals surface area contributed by atoms with Crippen LogP contribution >= 0.6 is 11.3 Å². The van der Waals surface area contributed by atoms with Crippen LogP contribution in [0.25, 0.3) is 0 Å². The van der Waals surface area contributed by atoms with Crippen molar-refractivity contribution in [3.8, 4) is 0 Å². The van der Waals surface area contributed by atoms with Gasteiger partial charge in [-0.2, -0.15) is 4.31 Å². The first-order valence-electron chi connectivity index (χ1n) is 8.30. The molecule has 1 fully saturated rings.